The molecule has 122 valence electrons. The fraction of sp³-hybridized carbons (Fsp3) is 0.588. The Kier molecular flexibility index (Phi) is 3.89. The van der Waals surface area contributed by atoms with E-state index in [0.717, 1.165) is 25.3 Å². The van der Waals surface area contributed by atoms with Crippen LogP contribution in [-0.4, -0.2) is 36.5 Å². The molecule has 0 N–H and O–H groups in total. The van der Waals surface area contributed by atoms with E-state index >= 15 is 0 Å². The molecule has 3 heterocycles. The lowest BCUT2D eigenvalue weighted by Gasteiger charge is -2.33. The van der Waals surface area contributed by atoms with E-state index in [4.69, 9.17) is 0 Å². The first-order chi connectivity index (χ1) is 11.3. The standard InChI is InChI=1S/C17H23N5O/c23-15(12-20-10-6-18-13-20)22-9-3-8-21-11-7-19-17(21)16(22)14-4-1-2-5-14/h6-7,10-11,13-14,16H,1-5,8-9,12H2. The molecule has 0 radical (unpaired) electrons. The molecular formula is C17H23N5O. The van der Waals surface area contributed by atoms with Crippen molar-refractivity contribution in [3.63, 3.8) is 0 Å². The monoisotopic (exact) mass is 313 g/mol. The van der Waals surface area contributed by atoms with Crippen LogP contribution in [0.1, 0.15) is 44.0 Å². The predicted molar refractivity (Wildman–Crippen MR) is 85.5 cm³/mol. The zero-order valence-electron chi connectivity index (χ0n) is 13.3. The third kappa shape index (κ3) is 2.78. The average molecular weight is 313 g/mol. The zero-order chi connectivity index (χ0) is 15.6. The molecule has 1 aliphatic heterocycles. The van der Waals surface area contributed by atoms with E-state index in [0.29, 0.717) is 12.5 Å². The SMILES string of the molecule is O=C(Cn1ccnc1)N1CCCn2ccnc2C1C1CCCC1. The second-order valence-corrected chi connectivity index (χ2v) is 6.64. The topological polar surface area (TPSA) is 56.0 Å². The van der Waals surface area contributed by atoms with E-state index in [1.54, 1.807) is 12.5 Å². The van der Waals surface area contributed by atoms with Gasteiger partial charge in [-0.3, -0.25) is 4.79 Å². The third-order valence-corrected chi connectivity index (χ3v) is 5.19. The van der Waals surface area contributed by atoms with Crippen LogP contribution in [0.4, 0.5) is 0 Å². The molecule has 1 aliphatic carbocycles. The first-order valence-electron chi connectivity index (χ1n) is 8.59. The Balaban J connectivity index is 1.64. The quantitative estimate of drug-likeness (QED) is 0.873. The van der Waals surface area contributed by atoms with Gasteiger partial charge in [0, 0.05) is 37.9 Å². The number of fused-ring (bicyclic) bond motifs is 1. The van der Waals surface area contributed by atoms with E-state index in [1.807, 2.05) is 17.0 Å². The molecule has 2 aliphatic rings. The van der Waals surface area contributed by atoms with Crippen LogP contribution in [-0.2, 0) is 17.9 Å². The maximum absolute atomic E-state index is 13.0. The summed E-state index contributed by atoms with van der Waals surface area (Å²) in [6.45, 7) is 2.13. The second kappa shape index (κ2) is 6.18. The van der Waals surface area contributed by atoms with Crippen LogP contribution in [0.2, 0.25) is 0 Å². The fourth-order valence-electron chi connectivity index (χ4n) is 4.11. The lowest BCUT2D eigenvalue weighted by Crippen LogP contribution is -2.40. The van der Waals surface area contributed by atoms with E-state index in [9.17, 15) is 4.79 Å². The van der Waals surface area contributed by atoms with E-state index in [2.05, 4.69) is 25.6 Å². The molecule has 2 aromatic rings. The largest absolute Gasteiger partial charge is 0.333 e. The molecule has 1 unspecified atom stereocenters. The molecule has 0 bridgehead atoms. The van der Waals surface area contributed by atoms with Crippen LogP contribution >= 0.6 is 0 Å². The molecule has 1 amide bonds. The molecule has 6 nitrogen and oxygen atoms in total. The Bertz CT molecular complexity index is 656. The van der Waals surface area contributed by atoms with Crippen molar-refractivity contribution < 1.29 is 4.79 Å². The van der Waals surface area contributed by atoms with Gasteiger partial charge < -0.3 is 14.0 Å². The van der Waals surface area contributed by atoms with Gasteiger partial charge in [0.1, 0.15) is 12.4 Å². The van der Waals surface area contributed by atoms with Crippen LogP contribution in [0.15, 0.2) is 31.1 Å². The number of nitrogens with zero attached hydrogens (tertiary/aromatic N) is 5. The Labute approximate surface area is 136 Å². The number of hydrogen-bond donors (Lipinski definition) is 0. The van der Waals surface area contributed by atoms with Crippen LogP contribution in [0.25, 0.3) is 0 Å². The molecule has 6 heteroatoms. The van der Waals surface area contributed by atoms with Crippen molar-refractivity contribution in [1.29, 1.82) is 0 Å². The summed E-state index contributed by atoms with van der Waals surface area (Å²) in [6.07, 6.45) is 15.1. The Morgan fingerprint density at radius 3 is 2.78 bits per heavy atom. The van der Waals surface area contributed by atoms with Gasteiger partial charge in [0.05, 0.1) is 12.4 Å². The summed E-state index contributed by atoms with van der Waals surface area (Å²) in [7, 11) is 0. The number of hydrogen-bond acceptors (Lipinski definition) is 3. The number of imidazole rings is 2. The molecule has 0 spiro atoms. The summed E-state index contributed by atoms with van der Waals surface area (Å²) >= 11 is 0. The summed E-state index contributed by atoms with van der Waals surface area (Å²) in [5, 5.41) is 0. The van der Waals surface area contributed by atoms with Gasteiger partial charge in [-0.25, -0.2) is 9.97 Å². The molecule has 1 fully saturated rings. The van der Waals surface area contributed by atoms with Crippen molar-refractivity contribution in [1.82, 2.24) is 24.0 Å². The summed E-state index contributed by atoms with van der Waals surface area (Å²) in [5.74, 6) is 1.80. The molecule has 0 aromatic carbocycles. The maximum atomic E-state index is 13.0. The number of carbonyl (C=O) groups is 1. The highest BCUT2D eigenvalue weighted by molar-refractivity contribution is 5.76. The van der Waals surface area contributed by atoms with Crippen molar-refractivity contribution in [2.45, 2.75) is 51.2 Å². The smallest absolute Gasteiger partial charge is 0.243 e. The van der Waals surface area contributed by atoms with Crippen molar-refractivity contribution in [2.75, 3.05) is 6.54 Å². The van der Waals surface area contributed by atoms with Crippen LogP contribution in [0.3, 0.4) is 0 Å². The van der Waals surface area contributed by atoms with Crippen molar-refractivity contribution in [3.05, 3.63) is 36.9 Å². The van der Waals surface area contributed by atoms with Crippen molar-refractivity contribution in [2.24, 2.45) is 5.92 Å². The number of rotatable bonds is 3. The summed E-state index contributed by atoms with van der Waals surface area (Å²) in [4.78, 5) is 23.7. The highest BCUT2D eigenvalue weighted by Crippen LogP contribution is 2.40. The lowest BCUT2D eigenvalue weighted by atomic mass is 9.95. The minimum Gasteiger partial charge on any atom is -0.333 e. The van der Waals surface area contributed by atoms with Crippen molar-refractivity contribution in [3.8, 4) is 0 Å². The highest BCUT2D eigenvalue weighted by Gasteiger charge is 2.37. The normalized spacial score (nSPS) is 22.1. The van der Waals surface area contributed by atoms with Gasteiger partial charge in [0.15, 0.2) is 0 Å². The minimum atomic E-state index is 0.131. The lowest BCUT2D eigenvalue weighted by molar-refractivity contribution is -0.135. The third-order valence-electron chi connectivity index (χ3n) is 5.19. The average Bonchev–Trinajstić information content (AvgIpc) is 3.29. The number of amides is 1. The maximum Gasteiger partial charge on any atom is 0.243 e. The fourth-order valence-corrected chi connectivity index (χ4v) is 4.11. The van der Waals surface area contributed by atoms with Gasteiger partial charge >= 0.3 is 0 Å². The van der Waals surface area contributed by atoms with Gasteiger partial charge in [-0.05, 0) is 25.2 Å². The summed E-state index contributed by atoms with van der Waals surface area (Å²) in [5.41, 5.74) is 0. The summed E-state index contributed by atoms with van der Waals surface area (Å²) < 4.78 is 4.10. The first kappa shape index (κ1) is 14.5. The van der Waals surface area contributed by atoms with E-state index in [-0.39, 0.29) is 11.9 Å². The molecular weight excluding hydrogens is 290 g/mol. The highest BCUT2D eigenvalue weighted by atomic mass is 16.2. The molecule has 1 atom stereocenters. The Morgan fingerprint density at radius 2 is 2.00 bits per heavy atom. The molecule has 2 aromatic heterocycles. The minimum absolute atomic E-state index is 0.131. The van der Waals surface area contributed by atoms with Crippen LogP contribution < -0.4 is 0 Å². The Morgan fingerprint density at radius 1 is 1.13 bits per heavy atom. The van der Waals surface area contributed by atoms with Gasteiger partial charge in [-0.15, -0.1) is 0 Å². The van der Waals surface area contributed by atoms with E-state index in [1.165, 1.54) is 25.7 Å². The first-order valence-corrected chi connectivity index (χ1v) is 8.59. The van der Waals surface area contributed by atoms with Crippen LogP contribution in [0, 0.1) is 5.92 Å². The van der Waals surface area contributed by atoms with Crippen LogP contribution in [0.5, 0.6) is 0 Å². The van der Waals surface area contributed by atoms with Crippen molar-refractivity contribution >= 4 is 5.91 Å². The second-order valence-electron chi connectivity index (χ2n) is 6.64. The van der Waals surface area contributed by atoms with Gasteiger partial charge in [-0.2, -0.15) is 0 Å². The summed E-state index contributed by atoms with van der Waals surface area (Å²) in [6, 6.07) is 0.131. The number of aromatic nitrogens is 4. The molecule has 1 saturated carbocycles. The van der Waals surface area contributed by atoms with Gasteiger partial charge in [0.2, 0.25) is 5.91 Å². The van der Waals surface area contributed by atoms with Gasteiger partial charge in [0.25, 0.3) is 0 Å². The van der Waals surface area contributed by atoms with E-state index < -0.39 is 0 Å². The number of aryl methyl sites for hydroxylation is 1. The number of carbonyl (C=O) groups excluding carboxylic acids is 1. The molecule has 4 rings (SSSR count). The Hall–Kier alpha value is -2.11. The molecule has 0 saturated heterocycles. The predicted octanol–water partition coefficient (Wildman–Crippen LogP) is 2.24. The molecule has 23 heavy (non-hydrogen) atoms. The van der Waals surface area contributed by atoms with Gasteiger partial charge in [-0.1, -0.05) is 12.8 Å². The zero-order valence-corrected chi connectivity index (χ0v) is 13.3.